The van der Waals surface area contributed by atoms with Crippen LogP contribution < -0.4 is 9.47 Å². The van der Waals surface area contributed by atoms with E-state index >= 15 is 0 Å². The third-order valence-corrected chi connectivity index (χ3v) is 5.73. The zero-order valence-corrected chi connectivity index (χ0v) is 16.9. The molecule has 5 nitrogen and oxygen atoms in total. The minimum atomic E-state index is -0.508. The first kappa shape index (κ1) is 20.5. The second kappa shape index (κ2) is 9.25. The van der Waals surface area contributed by atoms with E-state index in [1.54, 1.807) is 14.2 Å². The Morgan fingerprint density at radius 2 is 1.77 bits per heavy atom. The molecule has 1 atom stereocenters. The van der Waals surface area contributed by atoms with Gasteiger partial charge in [0.05, 0.1) is 25.7 Å². The third kappa shape index (κ3) is 4.49. The van der Waals surface area contributed by atoms with Gasteiger partial charge in [-0.25, -0.2) is 0 Å². The Hall–Kier alpha value is -1.77. The summed E-state index contributed by atoms with van der Waals surface area (Å²) in [5.41, 5.74) is 0.512. The lowest BCUT2D eigenvalue weighted by Crippen LogP contribution is -2.45. The molecule has 0 bridgehead atoms. The van der Waals surface area contributed by atoms with Crippen molar-refractivity contribution in [3.8, 4) is 17.6 Å². The van der Waals surface area contributed by atoms with Crippen molar-refractivity contribution in [3.05, 3.63) is 23.8 Å². The molecule has 0 radical (unpaired) electrons. The van der Waals surface area contributed by atoms with Crippen molar-refractivity contribution in [2.45, 2.75) is 32.1 Å². The summed E-state index contributed by atoms with van der Waals surface area (Å²) in [5.74, 6) is 1.60. The van der Waals surface area contributed by atoms with Crippen LogP contribution in [-0.4, -0.2) is 63.8 Å². The van der Waals surface area contributed by atoms with Gasteiger partial charge in [-0.15, -0.1) is 0 Å². The number of methoxy groups -OCH3 is 2. The number of nitriles is 1. The van der Waals surface area contributed by atoms with Gasteiger partial charge < -0.3 is 19.3 Å². The maximum atomic E-state index is 10.1. The van der Waals surface area contributed by atoms with Gasteiger partial charge in [0.25, 0.3) is 0 Å². The molecule has 1 aliphatic heterocycles. The molecule has 1 aromatic carbocycles. The standard InChI is InChI=1S/C21H33N3O2/c1-17(2)21(16-22,9-6-10-24-13-11-23(3)12-14-24)18-7-8-19(25-4)20(15-18)26-5/h7-8,15,17H,6,9-14H2,1-5H3/t21-/m1/s1. The minimum Gasteiger partial charge on any atom is -0.493 e. The lowest BCUT2D eigenvalue weighted by molar-refractivity contribution is 0.149. The first-order chi connectivity index (χ1) is 12.5. The van der Waals surface area contributed by atoms with Crippen molar-refractivity contribution >= 4 is 0 Å². The van der Waals surface area contributed by atoms with Crippen LogP contribution >= 0.6 is 0 Å². The number of benzene rings is 1. The minimum absolute atomic E-state index is 0.220. The SMILES string of the molecule is COc1ccc([C@@](C#N)(CCCN2CCN(C)CC2)C(C)C)cc1OC. The van der Waals surface area contributed by atoms with Crippen LogP contribution in [0.4, 0.5) is 0 Å². The van der Waals surface area contributed by atoms with Gasteiger partial charge in [0, 0.05) is 26.2 Å². The highest BCUT2D eigenvalue weighted by Crippen LogP contribution is 2.40. The Balaban J connectivity index is 2.14. The quantitative estimate of drug-likeness (QED) is 0.714. The Labute approximate surface area is 158 Å². The van der Waals surface area contributed by atoms with E-state index in [2.05, 4.69) is 36.8 Å². The molecule has 1 saturated heterocycles. The van der Waals surface area contributed by atoms with Crippen LogP contribution in [0.1, 0.15) is 32.3 Å². The summed E-state index contributed by atoms with van der Waals surface area (Å²) in [6.45, 7) is 9.82. The van der Waals surface area contributed by atoms with Gasteiger partial charge in [-0.1, -0.05) is 19.9 Å². The number of piperazine rings is 1. The van der Waals surface area contributed by atoms with Crippen LogP contribution in [0, 0.1) is 17.2 Å². The summed E-state index contributed by atoms with van der Waals surface area (Å²) in [4.78, 5) is 4.88. The van der Waals surface area contributed by atoms with Gasteiger partial charge >= 0.3 is 0 Å². The molecule has 26 heavy (non-hydrogen) atoms. The van der Waals surface area contributed by atoms with E-state index in [4.69, 9.17) is 9.47 Å². The van der Waals surface area contributed by atoms with Crippen LogP contribution in [0.15, 0.2) is 18.2 Å². The highest BCUT2D eigenvalue weighted by molar-refractivity contribution is 5.47. The first-order valence-corrected chi connectivity index (χ1v) is 9.51. The molecule has 0 N–H and O–H groups in total. The molecule has 0 aliphatic carbocycles. The van der Waals surface area contributed by atoms with Crippen LogP contribution in [0.25, 0.3) is 0 Å². The molecule has 5 heteroatoms. The summed E-state index contributed by atoms with van der Waals surface area (Å²) in [6.07, 6.45) is 1.87. The molecule has 1 aromatic rings. The lowest BCUT2D eigenvalue weighted by atomic mass is 9.69. The summed E-state index contributed by atoms with van der Waals surface area (Å²) in [7, 11) is 5.44. The molecule has 2 rings (SSSR count). The van der Waals surface area contributed by atoms with Crippen LogP contribution in [-0.2, 0) is 5.41 Å². The zero-order chi connectivity index (χ0) is 19.2. The van der Waals surface area contributed by atoms with E-state index in [0.29, 0.717) is 11.5 Å². The van der Waals surface area contributed by atoms with Gasteiger partial charge in [-0.05, 0) is 50.0 Å². The smallest absolute Gasteiger partial charge is 0.161 e. The lowest BCUT2D eigenvalue weighted by Gasteiger charge is -2.35. The summed E-state index contributed by atoms with van der Waals surface area (Å²) in [6, 6.07) is 8.53. The fourth-order valence-corrected chi connectivity index (χ4v) is 3.78. The van der Waals surface area contributed by atoms with Gasteiger partial charge in [0.1, 0.15) is 0 Å². The summed E-state index contributed by atoms with van der Waals surface area (Å²) in [5, 5.41) is 10.1. The average molecular weight is 360 g/mol. The highest BCUT2D eigenvalue weighted by atomic mass is 16.5. The summed E-state index contributed by atoms with van der Waals surface area (Å²) >= 11 is 0. The molecule has 0 amide bonds. The number of ether oxygens (including phenoxy) is 2. The Morgan fingerprint density at radius 3 is 2.31 bits per heavy atom. The predicted molar refractivity (Wildman–Crippen MR) is 105 cm³/mol. The van der Waals surface area contributed by atoms with Gasteiger partial charge in [-0.2, -0.15) is 5.26 Å². The van der Waals surface area contributed by atoms with Crippen molar-refractivity contribution in [2.75, 3.05) is 54.0 Å². The van der Waals surface area contributed by atoms with Gasteiger partial charge in [0.15, 0.2) is 11.5 Å². The van der Waals surface area contributed by atoms with E-state index in [1.807, 2.05) is 18.2 Å². The summed E-state index contributed by atoms with van der Waals surface area (Å²) < 4.78 is 10.8. The molecule has 0 aromatic heterocycles. The number of hydrogen-bond donors (Lipinski definition) is 0. The monoisotopic (exact) mass is 359 g/mol. The van der Waals surface area contributed by atoms with Crippen LogP contribution in [0.2, 0.25) is 0 Å². The fourth-order valence-electron chi connectivity index (χ4n) is 3.78. The Kier molecular flexibility index (Phi) is 7.31. The molecule has 0 saturated carbocycles. The topological polar surface area (TPSA) is 48.7 Å². The average Bonchev–Trinajstić information content (AvgIpc) is 2.66. The molecule has 1 fully saturated rings. The van der Waals surface area contributed by atoms with E-state index < -0.39 is 5.41 Å². The zero-order valence-electron chi connectivity index (χ0n) is 16.9. The Bertz CT molecular complexity index is 618. The molecule has 144 valence electrons. The fraction of sp³-hybridized carbons (Fsp3) is 0.667. The van der Waals surface area contributed by atoms with E-state index in [1.165, 1.54) is 0 Å². The number of likely N-dealkylation sites (N-methyl/N-ethyl adjacent to an activating group) is 1. The first-order valence-electron chi connectivity index (χ1n) is 9.51. The van der Waals surface area contributed by atoms with Crippen molar-refractivity contribution < 1.29 is 9.47 Å². The van der Waals surface area contributed by atoms with E-state index in [9.17, 15) is 5.26 Å². The molecule has 0 unspecified atom stereocenters. The number of hydrogen-bond acceptors (Lipinski definition) is 5. The van der Waals surface area contributed by atoms with E-state index in [0.717, 1.165) is 51.1 Å². The largest absolute Gasteiger partial charge is 0.493 e. The van der Waals surface area contributed by atoms with Gasteiger partial charge in [-0.3, -0.25) is 0 Å². The maximum absolute atomic E-state index is 10.1. The van der Waals surface area contributed by atoms with Crippen LogP contribution in [0.5, 0.6) is 11.5 Å². The van der Waals surface area contributed by atoms with E-state index in [-0.39, 0.29) is 5.92 Å². The van der Waals surface area contributed by atoms with Crippen molar-refractivity contribution in [2.24, 2.45) is 5.92 Å². The molecule has 1 heterocycles. The number of rotatable bonds is 8. The van der Waals surface area contributed by atoms with Crippen LogP contribution in [0.3, 0.4) is 0 Å². The molecule has 1 aliphatic rings. The highest BCUT2D eigenvalue weighted by Gasteiger charge is 2.36. The van der Waals surface area contributed by atoms with Crippen molar-refractivity contribution in [3.63, 3.8) is 0 Å². The molecular formula is C21H33N3O2. The second-order valence-corrected chi connectivity index (χ2v) is 7.56. The normalized spacial score (nSPS) is 18.3. The third-order valence-electron chi connectivity index (χ3n) is 5.73. The Morgan fingerprint density at radius 1 is 1.12 bits per heavy atom. The molecule has 0 spiro atoms. The number of nitrogens with zero attached hydrogens (tertiary/aromatic N) is 3. The molecular weight excluding hydrogens is 326 g/mol. The van der Waals surface area contributed by atoms with Gasteiger partial charge in [0.2, 0.25) is 0 Å². The predicted octanol–water partition coefficient (Wildman–Crippen LogP) is 3.15. The van der Waals surface area contributed by atoms with Crippen molar-refractivity contribution in [1.29, 1.82) is 5.26 Å². The van der Waals surface area contributed by atoms with Crippen molar-refractivity contribution in [1.82, 2.24) is 9.80 Å². The maximum Gasteiger partial charge on any atom is 0.161 e. The second-order valence-electron chi connectivity index (χ2n) is 7.56.